The van der Waals surface area contributed by atoms with Gasteiger partial charge in [0.15, 0.2) is 0 Å². The largest absolute Gasteiger partial charge is 0.312 e. The van der Waals surface area contributed by atoms with Crippen LogP contribution in [0.1, 0.15) is 47.0 Å². The first kappa shape index (κ1) is 16.5. The van der Waals surface area contributed by atoms with Crippen LogP contribution in [-0.2, 0) is 4.79 Å². The lowest BCUT2D eigenvalue weighted by atomic mass is 9.91. The third kappa shape index (κ3) is 4.09. The van der Waals surface area contributed by atoms with Crippen molar-refractivity contribution >= 4 is 22.4 Å². The SMILES string of the molecule is CCCCN(C(=O)CC(C)(C)C)c1cccc2ccccc12. The van der Waals surface area contributed by atoms with Gasteiger partial charge >= 0.3 is 0 Å². The number of fused-ring (bicyclic) bond motifs is 1. The van der Waals surface area contributed by atoms with E-state index in [2.05, 4.69) is 52.0 Å². The molecule has 0 bridgehead atoms. The van der Waals surface area contributed by atoms with Gasteiger partial charge in [0.1, 0.15) is 0 Å². The van der Waals surface area contributed by atoms with Crippen molar-refractivity contribution in [2.75, 3.05) is 11.4 Å². The Bertz CT molecular complexity index is 634. The average Bonchev–Trinajstić information content (AvgIpc) is 2.46. The molecule has 0 aromatic heterocycles. The molecule has 0 aliphatic rings. The van der Waals surface area contributed by atoms with E-state index in [9.17, 15) is 4.79 Å². The number of benzene rings is 2. The van der Waals surface area contributed by atoms with Gasteiger partial charge < -0.3 is 4.90 Å². The molecule has 0 saturated heterocycles. The predicted molar refractivity (Wildman–Crippen MR) is 95.3 cm³/mol. The molecule has 0 aliphatic heterocycles. The highest BCUT2D eigenvalue weighted by Crippen LogP contribution is 2.29. The van der Waals surface area contributed by atoms with E-state index in [1.165, 1.54) is 5.39 Å². The highest BCUT2D eigenvalue weighted by Gasteiger charge is 2.23. The Morgan fingerprint density at radius 1 is 1.05 bits per heavy atom. The van der Waals surface area contributed by atoms with Gasteiger partial charge in [-0.2, -0.15) is 0 Å². The Morgan fingerprint density at radius 2 is 1.73 bits per heavy atom. The van der Waals surface area contributed by atoms with Crippen molar-refractivity contribution in [3.63, 3.8) is 0 Å². The summed E-state index contributed by atoms with van der Waals surface area (Å²) in [6, 6.07) is 14.5. The standard InChI is InChI=1S/C20H27NO/c1-5-6-14-21(19(22)15-20(2,3)4)18-13-9-11-16-10-7-8-12-17(16)18/h7-13H,5-6,14-15H2,1-4H3. The first-order chi connectivity index (χ1) is 10.4. The van der Waals surface area contributed by atoms with Crippen LogP contribution >= 0.6 is 0 Å². The summed E-state index contributed by atoms with van der Waals surface area (Å²) in [5.41, 5.74) is 1.05. The van der Waals surface area contributed by atoms with Gasteiger partial charge in [-0.05, 0) is 23.3 Å². The van der Waals surface area contributed by atoms with Gasteiger partial charge in [-0.3, -0.25) is 4.79 Å². The maximum atomic E-state index is 12.8. The normalized spacial score (nSPS) is 11.6. The van der Waals surface area contributed by atoms with Crippen molar-refractivity contribution in [3.8, 4) is 0 Å². The number of anilines is 1. The second-order valence-electron chi connectivity index (χ2n) is 7.13. The lowest BCUT2D eigenvalue weighted by Crippen LogP contribution is -2.34. The Morgan fingerprint density at radius 3 is 2.41 bits per heavy atom. The van der Waals surface area contributed by atoms with E-state index in [1.54, 1.807) is 0 Å². The smallest absolute Gasteiger partial charge is 0.227 e. The van der Waals surface area contributed by atoms with Crippen molar-refractivity contribution in [1.29, 1.82) is 0 Å². The summed E-state index contributed by atoms with van der Waals surface area (Å²) < 4.78 is 0. The Hall–Kier alpha value is -1.83. The molecule has 0 aliphatic carbocycles. The Kier molecular flexibility index (Phi) is 5.23. The number of unbranched alkanes of at least 4 members (excludes halogenated alkanes) is 1. The predicted octanol–water partition coefficient (Wildman–Crippen LogP) is 5.41. The molecule has 0 atom stereocenters. The summed E-state index contributed by atoms with van der Waals surface area (Å²) in [5.74, 6) is 0.220. The first-order valence-electron chi connectivity index (χ1n) is 8.20. The third-order valence-electron chi connectivity index (χ3n) is 3.78. The van der Waals surface area contributed by atoms with E-state index in [4.69, 9.17) is 0 Å². The van der Waals surface area contributed by atoms with Gasteiger partial charge in [0, 0.05) is 18.4 Å². The van der Waals surface area contributed by atoms with E-state index in [0.717, 1.165) is 30.5 Å². The van der Waals surface area contributed by atoms with E-state index >= 15 is 0 Å². The van der Waals surface area contributed by atoms with Crippen molar-refractivity contribution < 1.29 is 4.79 Å². The summed E-state index contributed by atoms with van der Waals surface area (Å²) in [5, 5.41) is 2.34. The molecule has 2 aromatic rings. The summed E-state index contributed by atoms with van der Waals surface area (Å²) in [6.07, 6.45) is 2.68. The fourth-order valence-corrected chi connectivity index (χ4v) is 2.69. The van der Waals surface area contributed by atoms with Crippen LogP contribution in [0.25, 0.3) is 10.8 Å². The number of carbonyl (C=O) groups is 1. The molecular weight excluding hydrogens is 270 g/mol. The van der Waals surface area contributed by atoms with Crippen molar-refractivity contribution in [2.45, 2.75) is 47.0 Å². The molecule has 0 heterocycles. The summed E-state index contributed by atoms with van der Waals surface area (Å²) >= 11 is 0. The number of amides is 1. The van der Waals surface area contributed by atoms with Crippen LogP contribution in [-0.4, -0.2) is 12.5 Å². The maximum absolute atomic E-state index is 12.8. The zero-order valence-electron chi connectivity index (χ0n) is 14.2. The first-order valence-corrected chi connectivity index (χ1v) is 8.20. The number of nitrogens with zero attached hydrogens (tertiary/aromatic N) is 1. The minimum atomic E-state index is 0.00608. The van der Waals surface area contributed by atoms with Crippen LogP contribution in [0, 0.1) is 5.41 Å². The molecule has 1 amide bonds. The van der Waals surface area contributed by atoms with E-state index in [0.29, 0.717) is 6.42 Å². The molecule has 2 aromatic carbocycles. The monoisotopic (exact) mass is 297 g/mol. The molecule has 118 valence electrons. The number of carbonyl (C=O) groups excluding carboxylic acids is 1. The second-order valence-corrected chi connectivity index (χ2v) is 7.13. The molecule has 0 fully saturated rings. The number of hydrogen-bond acceptors (Lipinski definition) is 1. The minimum Gasteiger partial charge on any atom is -0.312 e. The van der Waals surface area contributed by atoms with Crippen LogP contribution in [0.3, 0.4) is 0 Å². The second kappa shape index (κ2) is 6.95. The molecule has 0 N–H and O–H groups in total. The van der Waals surface area contributed by atoms with Crippen molar-refractivity contribution in [3.05, 3.63) is 42.5 Å². The van der Waals surface area contributed by atoms with Crippen LogP contribution in [0.4, 0.5) is 5.69 Å². The lowest BCUT2D eigenvalue weighted by molar-refractivity contribution is -0.120. The van der Waals surface area contributed by atoms with Crippen molar-refractivity contribution in [2.24, 2.45) is 5.41 Å². The Balaban J connectivity index is 2.41. The molecule has 0 spiro atoms. The van der Waals surface area contributed by atoms with Gasteiger partial charge in [0.25, 0.3) is 0 Å². The topological polar surface area (TPSA) is 20.3 Å². The van der Waals surface area contributed by atoms with Gasteiger partial charge in [0.05, 0.1) is 5.69 Å². The molecule has 22 heavy (non-hydrogen) atoms. The highest BCUT2D eigenvalue weighted by atomic mass is 16.2. The average molecular weight is 297 g/mol. The zero-order chi connectivity index (χ0) is 16.2. The zero-order valence-corrected chi connectivity index (χ0v) is 14.2. The fraction of sp³-hybridized carbons (Fsp3) is 0.450. The fourth-order valence-electron chi connectivity index (χ4n) is 2.69. The summed E-state index contributed by atoms with van der Waals surface area (Å²) in [7, 11) is 0. The van der Waals surface area contributed by atoms with Crippen molar-refractivity contribution in [1.82, 2.24) is 0 Å². The van der Waals surface area contributed by atoms with Gasteiger partial charge in [-0.25, -0.2) is 0 Å². The van der Waals surface area contributed by atoms with Crippen LogP contribution in [0.5, 0.6) is 0 Å². The molecular formula is C20H27NO. The molecule has 0 radical (unpaired) electrons. The summed E-state index contributed by atoms with van der Waals surface area (Å²) in [6.45, 7) is 9.30. The van der Waals surface area contributed by atoms with Gasteiger partial charge in [-0.15, -0.1) is 0 Å². The minimum absolute atomic E-state index is 0.00608. The molecule has 2 rings (SSSR count). The Labute approximate surface area is 134 Å². The number of hydrogen-bond donors (Lipinski definition) is 0. The molecule has 2 nitrogen and oxygen atoms in total. The van der Waals surface area contributed by atoms with Crippen LogP contribution in [0.2, 0.25) is 0 Å². The van der Waals surface area contributed by atoms with Crippen LogP contribution < -0.4 is 4.90 Å². The van der Waals surface area contributed by atoms with E-state index in [-0.39, 0.29) is 11.3 Å². The van der Waals surface area contributed by atoms with E-state index < -0.39 is 0 Å². The summed E-state index contributed by atoms with van der Waals surface area (Å²) in [4.78, 5) is 14.8. The van der Waals surface area contributed by atoms with Crippen LogP contribution in [0.15, 0.2) is 42.5 Å². The highest BCUT2D eigenvalue weighted by molar-refractivity contribution is 6.03. The van der Waals surface area contributed by atoms with Gasteiger partial charge in [0.2, 0.25) is 5.91 Å². The van der Waals surface area contributed by atoms with E-state index in [1.807, 2.05) is 23.1 Å². The molecule has 0 unspecified atom stereocenters. The molecule has 0 saturated carbocycles. The lowest BCUT2D eigenvalue weighted by Gasteiger charge is -2.28. The maximum Gasteiger partial charge on any atom is 0.227 e. The number of rotatable bonds is 5. The van der Waals surface area contributed by atoms with Gasteiger partial charge in [-0.1, -0.05) is 70.5 Å². The third-order valence-corrected chi connectivity index (χ3v) is 3.78. The molecule has 2 heteroatoms. The quantitative estimate of drug-likeness (QED) is 0.722.